The molecule has 250 valence electrons. The van der Waals surface area contributed by atoms with Gasteiger partial charge in [0.15, 0.2) is 6.29 Å². The van der Waals surface area contributed by atoms with Gasteiger partial charge in [0.05, 0.1) is 40.5 Å². The maximum Gasteiger partial charge on any atom is 0.153 e. The van der Waals surface area contributed by atoms with Crippen molar-refractivity contribution in [3.8, 4) is 40.5 Å². The molecule has 0 saturated carbocycles. The minimum absolute atomic E-state index is 0.0448. The molecule has 1 aliphatic heterocycles. The van der Waals surface area contributed by atoms with Crippen LogP contribution in [0.2, 0.25) is 5.02 Å². The van der Waals surface area contributed by atoms with Gasteiger partial charge in [0.1, 0.15) is 36.1 Å². The van der Waals surface area contributed by atoms with Crippen LogP contribution in [-0.2, 0) is 13.0 Å². The van der Waals surface area contributed by atoms with Gasteiger partial charge in [0, 0.05) is 25.7 Å². The van der Waals surface area contributed by atoms with Crippen molar-refractivity contribution >= 4 is 17.9 Å². The standard InChI is InChI=1S/C40H37ClFN3O4/c1-26-32(5-3-8-37(26)47-16-4-13-45-14-11-31(42)12-15-45)33-6-2-7-35-34(33)9-10-38(35)49-40-21-39(30(24-46)20-36(40)41)48-25-29-18-27(22-43)17-28(19-29)23-44/h2-3,5-8,17-21,24,31,38H,4,9-16,25H2,1H3. The van der Waals surface area contributed by atoms with E-state index in [-0.39, 0.29) is 18.3 Å². The molecule has 6 rings (SSSR count). The minimum atomic E-state index is -0.660. The van der Waals surface area contributed by atoms with E-state index in [9.17, 15) is 19.7 Å². The summed E-state index contributed by atoms with van der Waals surface area (Å²) in [6.45, 7) is 5.28. The van der Waals surface area contributed by atoms with E-state index in [0.29, 0.717) is 58.9 Å². The van der Waals surface area contributed by atoms with Gasteiger partial charge in [-0.1, -0.05) is 41.9 Å². The number of rotatable bonds is 12. The first-order chi connectivity index (χ1) is 23.9. The molecule has 0 bridgehead atoms. The summed E-state index contributed by atoms with van der Waals surface area (Å²) in [5, 5.41) is 18.9. The molecule has 0 spiro atoms. The van der Waals surface area contributed by atoms with Crippen LogP contribution in [0, 0.1) is 29.6 Å². The molecule has 2 aliphatic rings. The third-order valence-electron chi connectivity index (χ3n) is 9.29. The molecule has 1 atom stereocenters. The van der Waals surface area contributed by atoms with Crippen LogP contribution >= 0.6 is 11.6 Å². The van der Waals surface area contributed by atoms with Gasteiger partial charge in [-0.15, -0.1) is 0 Å². The summed E-state index contributed by atoms with van der Waals surface area (Å²) in [4.78, 5) is 14.2. The molecule has 0 N–H and O–H groups in total. The Kier molecular flexibility index (Phi) is 10.8. The zero-order valence-electron chi connectivity index (χ0n) is 27.4. The summed E-state index contributed by atoms with van der Waals surface area (Å²) in [5.74, 6) is 1.55. The fourth-order valence-electron chi connectivity index (χ4n) is 6.73. The molecule has 0 amide bonds. The van der Waals surface area contributed by atoms with Gasteiger partial charge in [-0.25, -0.2) is 4.39 Å². The van der Waals surface area contributed by atoms with Crippen LogP contribution in [0.5, 0.6) is 17.2 Å². The number of fused-ring (bicyclic) bond motifs is 1. The van der Waals surface area contributed by atoms with E-state index >= 15 is 0 Å². The van der Waals surface area contributed by atoms with Crippen molar-refractivity contribution < 1.29 is 23.4 Å². The third kappa shape index (κ3) is 7.89. The van der Waals surface area contributed by atoms with Crippen LogP contribution in [0.25, 0.3) is 11.1 Å². The van der Waals surface area contributed by atoms with Crippen molar-refractivity contribution in [1.29, 1.82) is 10.5 Å². The van der Waals surface area contributed by atoms with Crippen molar-refractivity contribution in [3.05, 3.63) is 111 Å². The molecular weight excluding hydrogens is 641 g/mol. The number of hydrogen-bond acceptors (Lipinski definition) is 7. The van der Waals surface area contributed by atoms with Gasteiger partial charge in [-0.3, -0.25) is 4.79 Å². The normalized spacial score (nSPS) is 16.0. The number of ether oxygens (including phenoxy) is 3. The average Bonchev–Trinajstić information content (AvgIpc) is 3.54. The molecule has 0 aromatic heterocycles. The number of likely N-dealkylation sites (tertiary alicyclic amines) is 1. The summed E-state index contributed by atoms with van der Waals surface area (Å²) in [6, 6.07) is 24.5. The molecule has 1 saturated heterocycles. The first-order valence-corrected chi connectivity index (χ1v) is 17.0. The van der Waals surface area contributed by atoms with Crippen LogP contribution in [0.3, 0.4) is 0 Å². The van der Waals surface area contributed by atoms with Crippen LogP contribution in [-0.4, -0.2) is 43.6 Å². The number of benzene rings is 4. The molecular formula is C40H37ClFN3O4. The highest BCUT2D eigenvalue weighted by Gasteiger charge is 2.28. The number of carbonyl (C=O) groups excluding carboxylic acids is 1. The van der Waals surface area contributed by atoms with Crippen LogP contribution in [0.4, 0.5) is 4.39 Å². The second kappa shape index (κ2) is 15.6. The van der Waals surface area contributed by atoms with Crippen molar-refractivity contribution in [2.24, 2.45) is 0 Å². The largest absolute Gasteiger partial charge is 0.493 e. The predicted molar refractivity (Wildman–Crippen MR) is 186 cm³/mol. The predicted octanol–water partition coefficient (Wildman–Crippen LogP) is 8.72. The van der Waals surface area contributed by atoms with E-state index in [4.69, 9.17) is 25.8 Å². The molecule has 1 unspecified atom stereocenters. The number of hydrogen-bond donors (Lipinski definition) is 0. The second-order valence-corrected chi connectivity index (χ2v) is 12.9. The summed E-state index contributed by atoms with van der Waals surface area (Å²) in [7, 11) is 0. The lowest BCUT2D eigenvalue weighted by molar-refractivity contribution is 0.111. The molecule has 1 fully saturated rings. The summed E-state index contributed by atoms with van der Waals surface area (Å²) in [5.41, 5.74) is 7.23. The highest BCUT2D eigenvalue weighted by Crippen LogP contribution is 2.44. The van der Waals surface area contributed by atoms with Gasteiger partial charge in [0.2, 0.25) is 0 Å². The third-order valence-corrected chi connectivity index (χ3v) is 9.58. The first-order valence-electron chi connectivity index (χ1n) is 16.6. The average molecular weight is 678 g/mol. The fourth-order valence-corrected chi connectivity index (χ4v) is 6.94. The number of piperidine rings is 1. The smallest absolute Gasteiger partial charge is 0.153 e. The van der Waals surface area contributed by atoms with E-state index in [1.807, 2.05) is 18.2 Å². The van der Waals surface area contributed by atoms with Crippen molar-refractivity contribution in [3.63, 3.8) is 0 Å². The Morgan fingerprint density at radius 1 is 0.918 bits per heavy atom. The van der Waals surface area contributed by atoms with E-state index in [1.54, 1.807) is 18.2 Å². The van der Waals surface area contributed by atoms with Crippen molar-refractivity contribution in [2.75, 3.05) is 26.2 Å². The Morgan fingerprint density at radius 3 is 2.39 bits per heavy atom. The highest BCUT2D eigenvalue weighted by molar-refractivity contribution is 6.32. The SMILES string of the molecule is Cc1c(OCCCN2CCC(F)CC2)cccc1-c1cccc2c1CCC2Oc1cc(OCc2cc(C#N)cc(C#N)c2)c(C=O)cc1Cl. The van der Waals surface area contributed by atoms with Gasteiger partial charge in [-0.05, 0) is 103 Å². The maximum absolute atomic E-state index is 13.5. The van der Waals surface area contributed by atoms with Crippen LogP contribution in [0.15, 0.2) is 66.7 Å². The van der Waals surface area contributed by atoms with Crippen molar-refractivity contribution in [1.82, 2.24) is 4.90 Å². The molecule has 4 aromatic rings. The number of alkyl halides is 1. The minimum Gasteiger partial charge on any atom is -0.493 e. The molecule has 49 heavy (non-hydrogen) atoms. The zero-order valence-corrected chi connectivity index (χ0v) is 28.1. The number of aldehydes is 1. The molecule has 9 heteroatoms. The van der Waals surface area contributed by atoms with Crippen LogP contribution in [0.1, 0.15) is 75.5 Å². The first kappa shape index (κ1) is 34.0. The highest BCUT2D eigenvalue weighted by atomic mass is 35.5. The Morgan fingerprint density at radius 2 is 1.65 bits per heavy atom. The van der Waals surface area contributed by atoms with E-state index in [1.165, 1.54) is 17.7 Å². The maximum atomic E-state index is 13.5. The van der Waals surface area contributed by atoms with Gasteiger partial charge in [-0.2, -0.15) is 10.5 Å². The number of nitriles is 2. The summed E-state index contributed by atoms with van der Waals surface area (Å²) in [6.07, 6.45) is 3.46. The quantitative estimate of drug-likeness (QED) is 0.109. The van der Waals surface area contributed by atoms with Gasteiger partial charge >= 0.3 is 0 Å². The number of carbonyl (C=O) groups is 1. The van der Waals surface area contributed by atoms with Crippen LogP contribution < -0.4 is 14.2 Å². The molecule has 7 nitrogen and oxygen atoms in total. The molecule has 1 heterocycles. The molecule has 1 aliphatic carbocycles. The van der Waals surface area contributed by atoms with E-state index < -0.39 is 6.17 Å². The Labute approximate surface area is 291 Å². The Balaban J connectivity index is 1.16. The van der Waals surface area contributed by atoms with Crippen molar-refractivity contribution in [2.45, 2.75) is 57.9 Å². The Bertz CT molecular complexity index is 1890. The number of nitrogens with zero attached hydrogens (tertiary/aromatic N) is 3. The lowest BCUT2D eigenvalue weighted by Gasteiger charge is -2.28. The van der Waals surface area contributed by atoms with E-state index in [2.05, 4.69) is 42.2 Å². The summed E-state index contributed by atoms with van der Waals surface area (Å²) < 4.78 is 32.2. The monoisotopic (exact) mass is 677 g/mol. The van der Waals surface area contributed by atoms with Gasteiger partial charge in [0.25, 0.3) is 0 Å². The topological polar surface area (TPSA) is 95.6 Å². The van der Waals surface area contributed by atoms with E-state index in [0.717, 1.165) is 66.9 Å². The van der Waals surface area contributed by atoms with Gasteiger partial charge < -0.3 is 19.1 Å². The Hall–Kier alpha value is -4.89. The summed E-state index contributed by atoms with van der Waals surface area (Å²) >= 11 is 6.61. The fraction of sp³-hybridized carbons (Fsp3) is 0.325. The lowest BCUT2D eigenvalue weighted by Crippen LogP contribution is -2.35. The second-order valence-electron chi connectivity index (χ2n) is 12.5. The molecule has 0 radical (unpaired) electrons. The zero-order chi connectivity index (χ0) is 34.3. The number of halogens is 2. The molecule has 4 aromatic carbocycles. The lowest BCUT2D eigenvalue weighted by atomic mass is 9.93.